The predicted octanol–water partition coefficient (Wildman–Crippen LogP) is 2.79. The maximum Gasteiger partial charge on any atom is 0.307 e. The van der Waals surface area contributed by atoms with E-state index in [2.05, 4.69) is 32.1 Å². The molecular weight excluding hydrogens is 226 g/mol. The van der Waals surface area contributed by atoms with E-state index in [0.717, 1.165) is 17.6 Å². The topological polar surface area (TPSA) is 50.2 Å². The second-order valence-corrected chi connectivity index (χ2v) is 5.83. The number of carbonyl (C=O) groups excluding carboxylic acids is 1. The van der Waals surface area contributed by atoms with Gasteiger partial charge in [0.25, 0.3) is 0 Å². The maximum absolute atomic E-state index is 11.7. The van der Waals surface area contributed by atoms with E-state index in [-0.39, 0.29) is 23.4 Å². The highest BCUT2D eigenvalue weighted by molar-refractivity contribution is 6.09. The van der Waals surface area contributed by atoms with Crippen LogP contribution in [0.3, 0.4) is 0 Å². The number of fused-ring (bicyclic) bond motifs is 3. The highest BCUT2D eigenvalue weighted by atomic mass is 16.5. The molecule has 3 heteroatoms. The predicted molar refractivity (Wildman–Crippen MR) is 69.4 cm³/mol. The second kappa shape index (κ2) is 3.67. The molecule has 3 aliphatic rings. The first kappa shape index (κ1) is 11.5. The lowest BCUT2D eigenvalue weighted by Gasteiger charge is -2.44. The SMILES string of the molecule is CC1(C)CC(=O)OC2C1=CC(=N)C1=CCC=CC12. The molecular formula is C15H17NO2. The number of hydrogen-bond donors (Lipinski definition) is 1. The van der Waals surface area contributed by atoms with Crippen molar-refractivity contribution in [2.24, 2.45) is 11.3 Å². The van der Waals surface area contributed by atoms with E-state index in [0.29, 0.717) is 12.1 Å². The van der Waals surface area contributed by atoms with Crippen LogP contribution in [0, 0.1) is 16.7 Å². The molecule has 2 atom stereocenters. The molecule has 1 N–H and O–H groups in total. The van der Waals surface area contributed by atoms with Crippen LogP contribution in [-0.4, -0.2) is 17.8 Å². The Kier molecular flexibility index (Phi) is 2.34. The monoisotopic (exact) mass is 243 g/mol. The van der Waals surface area contributed by atoms with E-state index in [1.807, 2.05) is 6.08 Å². The second-order valence-electron chi connectivity index (χ2n) is 5.83. The molecule has 0 bridgehead atoms. The van der Waals surface area contributed by atoms with Gasteiger partial charge in [-0.3, -0.25) is 4.79 Å². The summed E-state index contributed by atoms with van der Waals surface area (Å²) in [6, 6.07) is 0. The summed E-state index contributed by atoms with van der Waals surface area (Å²) in [4.78, 5) is 11.7. The molecule has 1 saturated heterocycles. The van der Waals surface area contributed by atoms with Crippen molar-refractivity contribution in [3.63, 3.8) is 0 Å². The van der Waals surface area contributed by atoms with Gasteiger partial charge in [-0.25, -0.2) is 0 Å². The average molecular weight is 243 g/mol. The highest BCUT2D eigenvalue weighted by Gasteiger charge is 2.46. The van der Waals surface area contributed by atoms with Crippen molar-refractivity contribution in [3.8, 4) is 0 Å². The van der Waals surface area contributed by atoms with Crippen molar-refractivity contribution in [3.05, 3.63) is 35.5 Å². The summed E-state index contributed by atoms with van der Waals surface area (Å²) in [6.07, 6.45) is 9.18. The Morgan fingerprint density at radius 2 is 2.22 bits per heavy atom. The van der Waals surface area contributed by atoms with Gasteiger partial charge in [-0.05, 0) is 23.6 Å². The van der Waals surface area contributed by atoms with Crippen LogP contribution < -0.4 is 0 Å². The van der Waals surface area contributed by atoms with E-state index in [4.69, 9.17) is 10.1 Å². The molecule has 1 aliphatic heterocycles. The molecule has 0 radical (unpaired) electrons. The van der Waals surface area contributed by atoms with Gasteiger partial charge in [0, 0.05) is 11.3 Å². The van der Waals surface area contributed by atoms with Crippen molar-refractivity contribution < 1.29 is 9.53 Å². The van der Waals surface area contributed by atoms with Gasteiger partial charge in [0.1, 0.15) is 6.10 Å². The van der Waals surface area contributed by atoms with Gasteiger partial charge in [0.2, 0.25) is 0 Å². The molecule has 0 aromatic carbocycles. The Hall–Kier alpha value is -1.64. The van der Waals surface area contributed by atoms with E-state index in [1.165, 1.54) is 0 Å². The number of esters is 1. The van der Waals surface area contributed by atoms with Crippen LogP contribution in [0.4, 0.5) is 0 Å². The zero-order valence-electron chi connectivity index (χ0n) is 10.7. The molecule has 0 spiro atoms. The van der Waals surface area contributed by atoms with Gasteiger partial charge in [-0.1, -0.05) is 32.1 Å². The van der Waals surface area contributed by atoms with Crippen LogP contribution in [0.15, 0.2) is 35.5 Å². The summed E-state index contributed by atoms with van der Waals surface area (Å²) in [5.41, 5.74) is 2.45. The molecule has 2 unspecified atom stereocenters. The van der Waals surface area contributed by atoms with E-state index < -0.39 is 0 Å². The van der Waals surface area contributed by atoms with Gasteiger partial charge < -0.3 is 10.1 Å². The number of carbonyl (C=O) groups is 1. The van der Waals surface area contributed by atoms with Crippen molar-refractivity contribution in [2.45, 2.75) is 32.8 Å². The van der Waals surface area contributed by atoms with E-state index >= 15 is 0 Å². The molecule has 0 saturated carbocycles. The summed E-state index contributed by atoms with van der Waals surface area (Å²) in [7, 11) is 0. The largest absolute Gasteiger partial charge is 0.457 e. The van der Waals surface area contributed by atoms with Crippen LogP contribution >= 0.6 is 0 Å². The lowest BCUT2D eigenvalue weighted by Crippen LogP contribution is -2.45. The fourth-order valence-electron chi connectivity index (χ4n) is 3.09. The van der Waals surface area contributed by atoms with Crippen molar-refractivity contribution in [1.82, 2.24) is 0 Å². The van der Waals surface area contributed by atoms with Crippen LogP contribution in [0.1, 0.15) is 26.7 Å². The summed E-state index contributed by atoms with van der Waals surface area (Å²) < 4.78 is 5.55. The average Bonchev–Trinajstić information content (AvgIpc) is 2.30. The first-order chi connectivity index (χ1) is 8.49. The minimum atomic E-state index is -0.210. The molecule has 2 aliphatic carbocycles. The Bertz CT molecular complexity index is 523. The van der Waals surface area contributed by atoms with Crippen molar-refractivity contribution in [2.75, 3.05) is 0 Å². The number of hydrogen-bond acceptors (Lipinski definition) is 3. The zero-order chi connectivity index (χ0) is 12.9. The van der Waals surface area contributed by atoms with Crippen molar-refractivity contribution in [1.29, 1.82) is 5.41 Å². The molecule has 0 amide bonds. The quantitative estimate of drug-likeness (QED) is 0.525. The number of ether oxygens (including phenoxy) is 1. The Morgan fingerprint density at radius 1 is 1.44 bits per heavy atom. The number of rotatable bonds is 0. The molecule has 1 heterocycles. The van der Waals surface area contributed by atoms with Crippen molar-refractivity contribution >= 4 is 11.7 Å². The Balaban J connectivity index is 2.11. The third-order valence-electron chi connectivity index (χ3n) is 4.05. The molecule has 0 aromatic rings. The molecule has 1 fully saturated rings. The molecule has 0 aromatic heterocycles. The van der Waals surface area contributed by atoms with Crippen LogP contribution in [-0.2, 0) is 9.53 Å². The van der Waals surface area contributed by atoms with Gasteiger partial charge in [0.15, 0.2) is 0 Å². The molecule has 94 valence electrons. The van der Waals surface area contributed by atoms with Crippen LogP contribution in [0.25, 0.3) is 0 Å². The molecule has 3 nitrogen and oxygen atoms in total. The lowest BCUT2D eigenvalue weighted by atomic mass is 9.67. The molecule has 3 rings (SSSR count). The number of allylic oxidation sites excluding steroid dienone is 3. The number of nitrogens with one attached hydrogen (secondary N) is 1. The summed E-state index contributed by atoms with van der Waals surface area (Å²) in [5, 5.41) is 8.14. The highest BCUT2D eigenvalue weighted by Crippen LogP contribution is 2.46. The van der Waals surface area contributed by atoms with Gasteiger partial charge in [-0.15, -0.1) is 0 Å². The van der Waals surface area contributed by atoms with Crippen LogP contribution in [0.5, 0.6) is 0 Å². The van der Waals surface area contributed by atoms with Gasteiger partial charge >= 0.3 is 5.97 Å². The minimum Gasteiger partial charge on any atom is -0.457 e. The lowest BCUT2D eigenvalue weighted by molar-refractivity contribution is -0.155. The van der Waals surface area contributed by atoms with Gasteiger partial charge in [0.05, 0.1) is 12.1 Å². The Labute approximate surface area is 107 Å². The third-order valence-corrected chi connectivity index (χ3v) is 4.05. The summed E-state index contributed by atoms with van der Waals surface area (Å²) in [6.45, 7) is 4.11. The first-order valence-electron chi connectivity index (χ1n) is 6.36. The summed E-state index contributed by atoms with van der Waals surface area (Å²) >= 11 is 0. The smallest absolute Gasteiger partial charge is 0.307 e. The fraction of sp³-hybridized carbons (Fsp3) is 0.467. The maximum atomic E-state index is 11.7. The van der Waals surface area contributed by atoms with E-state index in [9.17, 15) is 4.79 Å². The zero-order valence-corrected chi connectivity index (χ0v) is 10.7. The minimum absolute atomic E-state index is 0.0368. The first-order valence-corrected chi connectivity index (χ1v) is 6.36. The van der Waals surface area contributed by atoms with Gasteiger partial charge in [-0.2, -0.15) is 0 Å². The van der Waals surface area contributed by atoms with E-state index in [1.54, 1.807) is 0 Å². The third kappa shape index (κ3) is 1.57. The molecule has 18 heavy (non-hydrogen) atoms. The van der Waals surface area contributed by atoms with Crippen LogP contribution in [0.2, 0.25) is 0 Å². The fourth-order valence-corrected chi connectivity index (χ4v) is 3.09. The Morgan fingerprint density at radius 3 is 3.00 bits per heavy atom. The standard InChI is InChI=1S/C15H17NO2/c1-15(2)8-13(17)18-14-10-6-4-3-5-9(10)12(16)7-11(14)15/h4-7,10,14,16H,3,8H2,1-2H3. The summed E-state index contributed by atoms with van der Waals surface area (Å²) in [5.74, 6) is -0.0938. The normalized spacial score (nSPS) is 33.0.